The van der Waals surface area contributed by atoms with Gasteiger partial charge in [-0.2, -0.15) is 0 Å². The van der Waals surface area contributed by atoms with E-state index in [1.807, 2.05) is 0 Å². The third kappa shape index (κ3) is 1.89. The molecule has 5 nitrogen and oxygen atoms in total. The Morgan fingerprint density at radius 3 is 1.65 bits per heavy atom. The first-order chi connectivity index (χ1) is 9.54. The van der Waals surface area contributed by atoms with Gasteiger partial charge in [-0.3, -0.25) is 4.99 Å². The Labute approximate surface area is 115 Å². The number of phenols is 2. The lowest BCUT2D eigenvalue weighted by Crippen LogP contribution is -2.35. The lowest BCUT2D eigenvalue weighted by molar-refractivity contribution is -0.142. The third-order valence-corrected chi connectivity index (χ3v) is 3.13. The van der Waals surface area contributed by atoms with Crippen LogP contribution < -0.4 is 0 Å². The van der Waals surface area contributed by atoms with Gasteiger partial charge in [-0.1, -0.05) is 36.4 Å². The van der Waals surface area contributed by atoms with Gasteiger partial charge in [-0.15, -0.1) is 0 Å². The van der Waals surface area contributed by atoms with Crippen LogP contribution in [0.3, 0.4) is 0 Å². The van der Waals surface area contributed by atoms with Gasteiger partial charge >= 0.3 is 5.97 Å². The van der Waals surface area contributed by atoms with Gasteiger partial charge in [0.25, 0.3) is 0 Å². The molecule has 0 radical (unpaired) electrons. The lowest BCUT2D eigenvalue weighted by atomic mass is 9.82. The summed E-state index contributed by atoms with van der Waals surface area (Å²) in [6.45, 7) is 3.34. The van der Waals surface area contributed by atoms with E-state index in [0.717, 1.165) is 0 Å². The van der Waals surface area contributed by atoms with E-state index in [1.54, 1.807) is 24.3 Å². The first-order valence-electron chi connectivity index (χ1n) is 5.82. The molecule has 0 atom stereocenters. The Morgan fingerprint density at radius 1 is 0.950 bits per heavy atom. The molecular weight excluding hydrogens is 258 g/mol. The maximum atomic E-state index is 11.8. The zero-order chi connectivity index (χ0) is 14.8. The molecule has 0 aromatic heterocycles. The van der Waals surface area contributed by atoms with Crippen LogP contribution in [0.1, 0.15) is 11.1 Å². The molecule has 2 aromatic carbocycles. The fourth-order valence-electron chi connectivity index (χ4n) is 2.17. The highest BCUT2D eigenvalue weighted by Gasteiger charge is 2.45. The average Bonchev–Trinajstić information content (AvgIpc) is 2.43. The number of carboxylic acids is 1. The third-order valence-electron chi connectivity index (χ3n) is 3.13. The van der Waals surface area contributed by atoms with Crippen molar-refractivity contribution in [2.24, 2.45) is 4.99 Å². The molecule has 0 heterocycles. The summed E-state index contributed by atoms with van der Waals surface area (Å²) in [6, 6.07) is 11.9. The van der Waals surface area contributed by atoms with Crippen LogP contribution in [0.2, 0.25) is 0 Å². The fourth-order valence-corrected chi connectivity index (χ4v) is 2.17. The Hall–Kier alpha value is -2.82. The van der Waals surface area contributed by atoms with Gasteiger partial charge in [-0.05, 0) is 18.9 Å². The Balaban J connectivity index is 2.83. The zero-order valence-corrected chi connectivity index (χ0v) is 10.5. The highest BCUT2D eigenvalue weighted by Crippen LogP contribution is 2.42. The standard InChI is InChI=1S/C15H13NO4/c1-16-15(14(19)20,10-6-2-4-8-12(10)17)11-7-3-5-9-13(11)18/h2-9,17-18H,1H2,(H,19,20). The molecule has 2 rings (SSSR count). The topological polar surface area (TPSA) is 90.1 Å². The highest BCUT2D eigenvalue weighted by atomic mass is 16.4. The fraction of sp³-hybridized carbons (Fsp3) is 0.0667. The molecular formula is C15H13NO4. The van der Waals surface area contributed by atoms with Crippen LogP contribution in [0, 0.1) is 0 Å². The lowest BCUT2D eigenvalue weighted by Gasteiger charge is -2.27. The molecule has 2 aromatic rings. The number of carbonyl (C=O) groups is 1. The van der Waals surface area contributed by atoms with Crippen molar-refractivity contribution in [3.63, 3.8) is 0 Å². The smallest absolute Gasteiger partial charge is 0.341 e. The zero-order valence-electron chi connectivity index (χ0n) is 10.5. The van der Waals surface area contributed by atoms with Crippen molar-refractivity contribution < 1.29 is 20.1 Å². The van der Waals surface area contributed by atoms with Gasteiger partial charge in [0.1, 0.15) is 11.5 Å². The maximum absolute atomic E-state index is 11.8. The van der Waals surface area contributed by atoms with Crippen molar-refractivity contribution in [3.8, 4) is 11.5 Å². The van der Waals surface area contributed by atoms with Crippen LogP contribution in [0.25, 0.3) is 0 Å². The number of para-hydroxylation sites is 2. The molecule has 0 fully saturated rings. The predicted octanol–water partition coefficient (Wildman–Crippen LogP) is 2.13. The second-order valence-electron chi connectivity index (χ2n) is 4.21. The summed E-state index contributed by atoms with van der Waals surface area (Å²) in [5.41, 5.74) is -1.87. The summed E-state index contributed by atoms with van der Waals surface area (Å²) in [5.74, 6) is -1.80. The van der Waals surface area contributed by atoms with Crippen molar-refractivity contribution in [1.29, 1.82) is 0 Å². The van der Waals surface area contributed by atoms with Crippen molar-refractivity contribution in [2.75, 3.05) is 0 Å². The molecule has 0 amide bonds. The van der Waals surface area contributed by atoms with E-state index in [4.69, 9.17) is 0 Å². The second kappa shape index (κ2) is 5.05. The van der Waals surface area contributed by atoms with E-state index in [2.05, 4.69) is 11.7 Å². The minimum absolute atomic E-state index is 0.0454. The summed E-state index contributed by atoms with van der Waals surface area (Å²) in [4.78, 5) is 15.5. The molecule has 0 bridgehead atoms. The van der Waals surface area contributed by atoms with E-state index in [9.17, 15) is 20.1 Å². The van der Waals surface area contributed by atoms with Gasteiger partial charge < -0.3 is 15.3 Å². The number of phenolic OH excluding ortho intramolecular Hbond substituents is 2. The van der Waals surface area contributed by atoms with Gasteiger partial charge in [0.05, 0.1) is 0 Å². The molecule has 0 saturated carbocycles. The quantitative estimate of drug-likeness (QED) is 0.743. The molecule has 0 spiro atoms. The summed E-state index contributed by atoms with van der Waals surface area (Å²) >= 11 is 0. The van der Waals surface area contributed by atoms with Crippen molar-refractivity contribution in [1.82, 2.24) is 0 Å². The van der Waals surface area contributed by atoms with Crippen molar-refractivity contribution >= 4 is 12.7 Å². The normalized spacial score (nSPS) is 11.0. The van der Waals surface area contributed by atoms with E-state index < -0.39 is 11.5 Å². The number of carboxylic acid groups (broad SMARTS) is 1. The minimum Gasteiger partial charge on any atom is -0.508 e. The van der Waals surface area contributed by atoms with Crippen LogP contribution in [0.4, 0.5) is 0 Å². The molecule has 0 saturated heterocycles. The SMILES string of the molecule is C=NC(C(=O)O)(c1ccccc1O)c1ccccc1O. The van der Waals surface area contributed by atoms with Gasteiger partial charge in [0, 0.05) is 11.1 Å². The number of aliphatic carboxylic acids is 1. The number of aliphatic imine (C=N–C) groups is 1. The molecule has 0 aliphatic heterocycles. The van der Waals surface area contributed by atoms with E-state index in [-0.39, 0.29) is 22.6 Å². The summed E-state index contributed by atoms with van der Waals surface area (Å²) in [5, 5.41) is 29.5. The molecule has 0 aliphatic carbocycles. The minimum atomic E-state index is -1.96. The van der Waals surface area contributed by atoms with Crippen LogP contribution in [0.15, 0.2) is 53.5 Å². The number of aromatic hydroxyl groups is 2. The van der Waals surface area contributed by atoms with Crippen LogP contribution >= 0.6 is 0 Å². The van der Waals surface area contributed by atoms with E-state index in [1.165, 1.54) is 24.3 Å². The number of rotatable bonds is 4. The number of nitrogens with zero attached hydrogens (tertiary/aromatic N) is 1. The summed E-state index contributed by atoms with van der Waals surface area (Å²) in [6.07, 6.45) is 0. The van der Waals surface area contributed by atoms with Crippen LogP contribution in [-0.4, -0.2) is 28.0 Å². The molecule has 102 valence electrons. The highest BCUT2D eigenvalue weighted by molar-refractivity contribution is 5.88. The molecule has 5 heteroatoms. The summed E-state index contributed by atoms with van der Waals surface area (Å²) in [7, 11) is 0. The first-order valence-corrected chi connectivity index (χ1v) is 5.82. The van der Waals surface area contributed by atoms with Gasteiger partial charge in [0.15, 0.2) is 0 Å². The maximum Gasteiger partial charge on any atom is 0.341 e. The molecule has 0 unspecified atom stereocenters. The van der Waals surface area contributed by atoms with Gasteiger partial charge in [0.2, 0.25) is 5.54 Å². The molecule has 3 N–H and O–H groups in total. The molecule has 20 heavy (non-hydrogen) atoms. The van der Waals surface area contributed by atoms with E-state index >= 15 is 0 Å². The average molecular weight is 271 g/mol. The molecule has 0 aliphatic rings. The van der Waals surface area contributed by atoms with Gasteiger partial charge in [-0.25, -0.2) is 4.79 Å². The first kappa shape index (κ1) is 13.6. The number of hydrogen-bond acceptors (Lipinski definition) is 4. The van der Waals surface area contributed by atoms with Crippen LogP contribution in [-0.2, 0) is 10.3 Å². The monoisotopic (exact) mass is 271 g/mol. The Morgan fingerprint density at radius 2 is 1.35 bits per heavy atom. The van der Waals surface area contributed by atoms with Crippen molar-refractivity contribution in [2.45, 2.75) is 5.54 Å². The predicted molar refractivity (Wildman–Crippen MR) is 74.2 cm³/mol. The largest absolute Gasteiger partial charge is 0.508 e. The Bertz CT molecular complexity index is 621. The second-order valence-corrected chi connectivity index (χ2v) is 4.21. The number of hydrogen-bond donors (Lipinski definition) is 3. The van der Waals surface area contributed by atoms with Crippen molar-refractivity contribution in [3.05, 3.63) is 59.7 Å². The van der Waals surface area contributed by atoms with E-state index in [0.29, 0.717) is 0 Å². The number of benzene rings is 2. The van der Waals surface area contributed by atoms with Crippen LogP contribution in [0.5, 0.6) is 11.5 Å². The summed E-state index contributed by atoms with van der Waals surface area (Å²) < 4.78 is 0. The Kier molecular flexibility index (Phi) is 3.43.